The largest absolute Gasteiger partial charge is 0.468 e. The number of anilines is 1. The molecule has 2 aromatic carbocycles. The third-order valence-corrected chi connectivity index (χ3v) is 5.27. The van der Waals surface area contributed by atoms with E-state index in [2.05, 4.69) is 10.0 Å². The van der Waals surface area contributed by atoms with Crippen molar-refractivity contribution in [3.63, 3.8) is 0 Å². The number of amides is 1. The molecule has 1 heterocycles. The highest BCUT2D eigenvalue weighted by Gasteiger charge is 2.18. The van der Waals surface area contributed by atoms with Crippen LogP contribution in [0.4, 0.5) is 10.1 Å². The third kappa shape index (κ3) is 4.73. The highest BCUT2D eigenvalue weighted by Crippen LogP contribution is 2.20. The average Bonchev–Trinajstić information content (AvgIpc) is 3.16. The first kappa shape index (κ1) is 19.1. The quantitative estimate of drug-likeness (QED) is 0.649. The predicted octanol–water partition coefficient (Wildman–Crippen LogP) is 3.80. The Hall–Kier alpha value is -2.68. The lowest BCUT2D eigenvalue weighted by Gasteiger charge is -2.09. The van der Waals surface area contributed by atoms with Crippen LogP contribution < -0.4 is 10.0 Å². The van der Waals surface area contributed by atoms with E-state index in [1.165, 1.54) is 42.7 Å². The monoisotopic (exact) mass is 408 g/mol. The van der Waals surface area contributed by atoms with Crippen molar-refractivity contribution in [2.45, 2.75) is 11.4 Å². The SMILES string of the molecule is O=C(Nc1ccc(S(=O)(=O)NCc2ccco2)cc1F)c1ccc(Cl)cc1. The standard InChI is InChI=1S/C18H14ClFN2O4S/c19-13-5-3-12(4-6-13)18(23)22-17-8-7-15(10-16(17)20)27(24,25)21-11-14-2-1-9-26-14/h1-10,21H,11H2,(H,22,23). The molecule has 6 nitrogen and oxygen atoms in total. The van der Waals surface area contributed by atoms with Gasteiger partial charge in [-0.2, -0.15) is 0 Å². The van der Waals surface area contributed by atoms with Gasteiger partial charge in [0.15, 0.2) is 0 Å². The van der Waals surface area contributed by atoms with Crippen LogP contribution in [0.3, 0.4) is 0 Å². The molecule has 140 valence electrons. The van der Waals surface area contributed by atoms with Gasteiger partial charge in [0.2, 0.25) is 10.0 Å². The van der Waals surface area contributed by atoms with Gasteiger partial charge in [-0.3, -0.25) is 4.79 Å². The number of sulfonamides is 1. The Kier molecular flexibility index (Phi) is 5.59. The van der Waals surface area contributed by atoms with E-state index >= 15 is 0 Å². The third-order valence-electron chi connectivity index (χ3n) is 3.62. The Morgan fingerprint density at radius 3 is 2.48 bits per heavy atom. The number of benzene rings is 2. The minimum Gasteiger partial charge on any atom is -0.468 e. The van der Waals surface area contributed by atoms with Gasteiger partial charge in [-0.1, -0.05) is 11.6 Å². The number of hydrogen-bond acceptors (Lipinski definition) is 4. The zero-order chi connectivity index (χ0) is 19.4. The Morgan fingerprint density at radius 2 is 1.85 bits per heavy atom. The Bertz CT molecular complexity index is 1050. The van der Waals surface area contributed by atoms with Gasteiger partial charge in [-0.05, 0) is 54.6 Å². The van der Waals surface area contributed by atoms with Crippen molar-refractivity contribution in [1.29, 1.82) is 0 Å². The molecule has 0 bridgehead atoms. The van der Waals surface area contributed by atoms with Crippen molar-refractivity contribution in [1.82, 2.24) is 4.72 Å². The highest BCUT2D eigenvalue weighted by molar-refractivity contribution is 7.89. The normalized spacial score (nSPS) is 11.3. The lowest BCUT2D eigenvalue weighted by atomic mass is 10.2. The molecule has 1 aromatic heterocycles. The summed E-state index contributed by atoms with van der Waals surface area (Å²) in [5, 5.41) is 2.86. The van der Waals surface area contributed by atoms with Crippen LogP contribution in [0.1, 0.15) is 16.1 Å². The number of halogens is 2. The van der Waals surface area contributed by atoms with Crippen LogP contribution in [-0.2, 0) is 16.6 Å². The second kappa shape index (κ2) is 7.91. The topological polar surface area (TPSA) is 88.4 Å². The molecule has 3 rings (SSSR count). The van der Waals surface area contributed by atoms with Crippen molar-refractivity contribution >= 4 is 33.2 Å². The van der Waals surface area contributed by atoms with Crippen LogP contribution in [0.15, 0.2) is 70.2 Å². The maximum absolute atomic E-state index is 14.3. The van der Waals surface area contributed by atoms with E-state index in [0.29, 0.717) is 10.8 Å². The van der Waals surface area contributed by atoms with Crippen LogP contribution in [-0.4, -0.2) is 14.3 Å². The maximum Gasteiger partial charge on any atom is 0.255 e. The fraction of sp³-hybridized carbons (Fsp3) is 0.0556. The number of furan rings is 1. The summed E-state index contributed by atoms with van der Waals surface area (Å²) in [6, 6.07) is 12.5. The Morgan fingerprint density at radius 1 is 1.11 bits per heavy atom. The summed E-state index contributed by atoms with van der Waals surface area (Å²) in [4.78, 5) is 11.9. The molecule has 0 aliphatic heterocycles. The second-order valence-corrected chi connectivity index (χ2v) is 7.71. The lowest BCUT2D eigenvalue weighted by Crippen LogP contribution is -2.23. The Labute approximate surface area is 160 Å². The van der Waals surface area contributed by atoms with E-state index in [0.717, 1.165) is 6.07 Å². The van der Waals surface area contributed by atoms with Gasteiger partial charge in [0.05, 0.1) is 23.4 Å². The molecule has 1 amide bonds. The molecular weight excluding hydrogens is 395 g/mol. The smallest absolute Gasteiger partial charge is 0.255 e. The van der Waals surface area contributed by atoms with Crippen molar-refractivity contribution in [3.05, 3.63) is 83.0 Å². The number of carbonyl (C=O) groups excluding carboxylic acids is 1. The van der Waals surface area contributed by atoms with E-state index in [9.17, 15) is 17.6 Å². The van der Waals surface area contributed by atoms with Gasteiger partial charge in [-0.15, -0.1) is 0 Å². The van der Waals surface area contributed by atoms with E-state index in [-0.39, 0.29) is 22.7 Å². The molecule has 0 unspecified atom stereocenters. The predicted molar refractivity (Wildman–Crippen MR) is 98.5 cm³/mol. The summed E-state index contributed by atoms with van der Waals surface area (Å²) in [6.07, 6.45) is 1.42. The van der Waals surface area contributed by atoms with Gasteiger partial charge < -0.3 is 9.73 Å². The maximum atomic E-state index is 14.3. The molecule has 0 spiro atoms. The summed E-state index contributed by atoms with van der Waals surface area (Å²) in [6.45, 7) is -0.0635. The van der Waals surface area contributed by atoms with Crippen LogP contribution in [0.2, 0.25) is 5.02 Å². The number of rotatable bonds is 6. The first-order valence-corrected chi connectivity index (χ1v) is 9.60. The minimum atomic E-state index is -3.94. The molecule has 9 heteroatoms. The molecule has 3 aromatic rings. The van der Waals surface area contributed by atoms with Crippen LogP contribution in [0, 0.1) is 5.82 Å². The van der Waals surface area contributed by atoms with Gasteiger partial charge in [-0.25, -0.2) is 17.5 Å². The highest BCUT2D eigenvalue weighted by atomic mass is 35.5. The molecule has 0 saturated heterocycles. The van der Waals surface area contributed by atoms with Crippen LogP contribution in [0.5, 0.6) is 0 Å². The first-order chi connectivity index (χ1) is 12.8. The fourth-order valence-corrected chi connectivity index (χ4v) is 3.35. The lowest BCUT2D eigenvalue weighted by molar-refractivity contribution is 0.102. The fourth-order valence-electron chi connectivity index (χ4n) is 2.22. The molecule has 0 atom stereocenters. The summed E-state index contributed by atoms with van der Waals surface area (Å²) in [5.41, 5.74) is 0.149. The second-order valence-electron chi connectivity index (χ2n) is 5.51. The molecule has 27 heavy (non-hydrogen) atoms. The van der Waals surface area contributed by atoms with Gasteiger partial charge >= 0.3 is 0 Å². The van der Waals surface area contributed by atoms with E-state index in [4.69, 9.17) is 16.0 Å². The molecular formula is C18H14ClFN2O4S. The zero-order valence-electron chi connectivity index (χ0n) is 13.8. The van der Waals surface area contributed by atoms with Gasteiger partial charge in [0, 0.05) is 10.6 Å². The van der Waals surface area contributed by atoms with Crippen LogP contribution in [0.25, 0.3) is 0 Å². The molecule has 0 fully saturated rings. The zero-order valence-corrected chi connectivity index (χ0v) is 15.4. The van der Waals surface area contributed by atoms with Gasteiger partial charge in [0.25, 0.3) is 5.91 Å². The van der Waals surface area contributed by atoms with Gasteiger partial charge in [0.1, 0.15) is 11.6 Å². The molecule has 0 aliphatic rings. The summed E-state index contributed by atoms with van der Waals surface area (Å²) < 4.78 is 46.1. The van der Waals surface area contributed by atoms with Crippen molar-refractivity contribution in [2.24, 2.45) is 0 Å². The van der Waals surface area contributed by atoms with E-state index in [1.807, 2.05) is 0 Å². The van der Waals surface area contributed by atoms with E-state index < -0.39 is 21.7 Å². The molecule has 0 saturated carbocycles. The van der Waals surface area contributed by atoms with Crippen molar-refractivity contribution in [2.75, 3.05) is 5.32 Å². The van der Waals surface area contributed by atoms with E-state index in [1.54, 1.807) is 12.1 Å². The molecule has 2 N–H and O–H groups in total. The summed E-state index contributed by atoms with van der Waals surface area (Å²) >= 11 is 5.76. The number of carbonyl (C=O) groups is 1. The molecule has 0 aliphatic carbocycles. The average molecular weight is 409 g/mol. The Balaban J connectivity index is 1.72. The summed E-state index contributed by atoms with van der Waals surface area (Å²) in [5.74, 6) is -0.999. The van der Waals surface area contributed by atoms with Crippen molar-refractivity contribution < 1.29 is 22.0 Å². The minimum absolute atomic E-state index is 0.0635. The molecule has 0 radical (unpaired) electrons. The summed E-state index contributed by atoms with van der Waals surface area (Å²) in [7, 11) is -3.94. The number of nitrogens with one attached hydrogen (secondary N) is 2. The van der Waals surface area contributed by atoms with Crippen molar-refractivity contribution in [3.8, 4) is 0 Å². The van der Waals surface area contributed by atoms with Crippen LogP contribution >= 0.6 is 11.6 Å². The first-order valence-electron chi connectivity index (χ1n) is 7.74. The number of hydrogen-bond donors (Lipinski definition) is 2.